The molecule has 0 bridgehead atoms. The standard InChI is InChI=1S/C50H91NO10/c1-5-7-9-25-33-54-37-39-56-41-43-60-49(52)29-23-19-15-11-13-17-21-27-35-58-47-32-31-46(51(3)4)45-48(47)59-36-28-22-18-14-12-16-20-24-30-50(53)61-44-42-57-40-38-55-34-26-10-8-6-2/h31-32,45H,5-30,33-44H2,1-4H3. The molecule has 356 valence electrons. The van der Waals surface area contributed by atoms with Gasteiger partial charge in [-0.2, -0.15) is 0 Å². The van der Waals surface area contributed by atoms with Gasteiger partial charge in [0.05, 0.1) is 52.9 Å². The third kappa shape index (κ3) is 37.7. The van der Waals surface area contributed by atoms with Crippen molar-refractivity contribution in [2.75, 3.05) is 98.3 Å². The van der Waals surface area contributed by atoms with Gasteiger partial charge >= 0.3 is 11.9 Å². The van der Waals surface area contributed by atoms with Crippen LogP contribution in [0.15, 0.2) is 18.2 Å². The van der Waals surface area contributed by atoms with Crippen molar-refractivity contribution < 1.29 is 47.5 Å². The lowest BCUT2D eigenvalue weighted by atomic mass is 10.1. The highest BCUT2D eigenvalue weighted by Gasteiger charge is 2.09. The van der Waals surface area contributed by atoms with E-state index in [2.05, 4.69) is 30.9 Å². The van der Waals surface area contributed by atoms with Crippen molar-refractivity contribution in [3.8, 4) is 11.5 Å². The molecule has 0 fully saturated rings. The molecule has 0 amide bonds. The quantitative estimate of drug-likeness (QED) is 0.0461. The molecule has 1 aromatic rings. The van der Waals surface area contributed by atoms with Crippen LogP contribution in [-0.4, -0.2) is 105 Å². The summed E-state index contributed by atoms with van der Waals surface area (Å²) in [4.78, 5) is 26.0. The number of carbonyl (C=O) groups excluding carboxylic acids is 2. The number of rotatable bonds is 47. The predicted octanol–water partition coefficient (Wildman–Crippen LogP) is 11.8. The van der Waals surface area contributed by atoms with Gasteiger partial charge in [0.2, 0.25) is 0 Å². The van der Waals surface area contributed by atoms with Crippen molar-refractivity contribution in [2.24, 2.45) is 0 Å². The second-order valence-electron chi connectivity index (χ2n) is 16.4. The van der Waals surface area contributed by atoms with Gasteiger partial charge in [-0.15, -0.1) is 0 Å². The van der Waals surface area contributed by atoms with Crippen LogP contribution in [-0.2, 0) is 38.0 Å². The summed E-state index contributed by atoms with van der Waals surface area (Å²) in [6.07, 6.45) is 28.3. The molecule has 11 nitrogen and oxygen atoms in total. The molecule has 0 spiro atoms. The first-order chi connectivity index (χ1) is 30.0. The molecular formula is C50H91NO10. The Hall–Kier alpha value is -2.60. The Morgan fingerprint density at radius 3 is 1.16 bits per heavy atom. The maximum absolute atomic E-state index is 12.0. The lowest BCUT2D eigenvalue weighted by Gasteiger charge is -2.18. The number of benzene rings is 1. The number of nitrogens with zero attached hydrogens (tertiary/aromatic N) is 1. The number of carbonyl (C=O) groups is 2. The van der Waals surface area contributed by atoms with Crippen LogP contribution < -0.4 is 14.4 Å². The first-order valence-corrected chi connectivity index (χ1v) is 24.7. The lowest BCUT2D eigenvalue weighted by Crippen LogP contribution is -2.13. The van der Waals surface area contributed by atoms with E-state index < -0.39 is 0 Å². The fourth-order valence-electron chi connectivity index (χ4n) is 6.71. The Morgan fingerprint density at radius 2 is 0.738 bits per heavy atom. The Kier molecular flexibility index (Phi) is 40.7. The van der Waals surface area contributed by atoms with Crippen LogP contribution in [0.2, 0.25) is 0 Å². The monoisotopic (exact) mass is 866 g/mol. The summed E-state index contributed by atoms with van der Waals surface area (Å²) < 4.78 is 45.1. The van der Waals surface area contributed by atoms with Crippen molar-refractivity contribution in [3.63, 3.8) is 0 Å². The minimum atomic E-state index is -0.129. The van der Waals surface area contributed by atoms with E-state index in [1.807, 2.05) is 20.2 Å². The van der Waals surface area contributed by atoms with E-state index in [1.165, 1.54) is 77.0 Å². The molecule has 0 aromatic heterocycles. The number of hydrogen-bond acceptors (Lipinski definition) is 11. The summed E-state index contributed by atoms with van der Waals surface area (Å²) in [7, 11) is 4.08. The van der Waals surface area contributed by atoms with Crippen LogP contribution in [0.4, 0.5) is 5.69 Å². The zero-order valence-corrected chi connectivity index (χ0v) is 39.6. The average molecular weight is 866 g/mol. The second kappa shape index (κ2) is 44.0. The van der Waals surface area contributed by atoms with Crippen molar-refractivity contribution in [1.82, 2.24) is 0 Å². The second-order valence-corrected chi connectivity index (χ2v) is 16.4. The lowest BCUT2D eigenvalue weighted by molar-refractivity contribution is -0.146. The van der Waals surface area contributed by atoms with E-state index in [0.717, 1.165) is 107 Å². The van der Waals surface area contributed by atoms with Crippen molar-refractivity contribution >= 4 is 17.6 Å². The van der Waals surface area contributed by atoms with E-state index in [4.69, 9.17) is 37.9 Å². The molecule has 0 aliphatic rings. The van der Waals surface area contributed by atoms with Gasteiger partial charge in [-0.1, -0.05) is 129 Å². The summed E-state index contributed by atoms with van der Waals surface area (Å²) in [5, 5.41) is 0. The largest absolute Gasteiger partial charge is 0.490 e. The highest BCUT2D eigenvalue weighted by Crippen LogP contribution is 2.32. The molecule has 11 heteroatoms. The molecule has 0 atom stereocenters. The highest BCUT2D eigenvalue weighted by atomic mass is 16.6. The smallest absolute Gasteiger partial charge is 0.305 e. The number of unbranched alkanes of at least 4 members (excludes halogenated alkanes) is 20. The van der Waals surface area contributed by atoms with Crippen molar-refractivity contribution in [1.29, 1.82) is 0 Å². The number of esters is 2. The minimum Gasteiger partial charge on any atom is -0.490 e. The maximum Gasteiger partial charge on any atom is 0.305 e. The molecular weight excluding hydrogens is 775 g/mol. The SMILES string of the molecule is CCCCCCOCCOCCOC(=O)CCCCCCCCCCOc1ccc(N(C)C)cc1OCCCCCCCCCCC(=O)OCCOCCOCCCCCC. The van der Waals surface area contributed by atoms with E-state index in [-0.39, 0.29) is 11.9 Å². The highest BCUT2D eigenvalue weighted by molar-refractivity contribution is 5.69. The molecule has 0 aliphatic heterocycles. The van der Waals surface area contributed by atoms with E-state index in [0.29, 0.717) is 78.9 Å². The minimum absolute atomic E-state index is 0.128. The van der Waals surface area contributed by atoms with Gasteiger partial charge in [-0.25, -0.2) is 0 Å². The van der Waals surface area contributed by atoms with E-state index in [1.54, 1.807) is 0 Å². The maximum atomic E-state index is 12.0. The van der Waals surface area contributed by atoms with Gasteiger partial charge in [-0.3, -0.25) is 9.59 Å². The first-order valence-electron chi connectivity index (χ1n) is 24.7. The molecule has 0 saturated carbocycles. The Morgan fingerprint density at radius 1 is 0.393 bits per heavy atom. The number of ether oxygens (including phenoxy) is 8. The molecule has 61 heavy (non-hydrogen) atoms. The van der Waals surface area contributed by atoms with Crippen LogP contribution >= 0.6 is 0 Å². The van der Waals surface area contributed by atoms with Gasteiger partial charge < -0.3 is 42.8 Å². The Bertz CT molecular complexity index is 1120. The van der Waals surface area contributed by atoms with Crippen LogP contribution in [0.5, 0.6) is 11.5 Å². The van der Waals surface area contributed by atoms with Crippen LogP contribution in [0.1, 0.15) is 181 Å². The van der Waals surface area contributed by atoms with Gasteiger partial charge in [-0.05, 0) is 50.7 Å². The number of hydrogen-bond donors (Lipinski definition) is 0. The van der Waals surface area contributed by atoms with Crippen LogP contribution in [0, 0.1) is 0 Å². The fraction of sp³-hybridized carbons (Fsp3) is 0.840. The van der Waals surface area contributed by atoms with Crippen molar-refractivity contribution in [2.45, 2.75) is 181 Å². The van der Waals surface area contributed by atoms with Crippen molar-refractivity contribution in [3.05, 3.63) is 18.2 Å². The Balaban J connectivity index is 2.00. The van der Waals surface area contributed by atoms with E-state index >= 15 is 0 Å². The topological polar surface area (TPSA) is 111 Å². The number of anilines is 1. The zero-order chi connectivity index (χ0) is 44.1. The fourth-order valence-corrected chi connectivity index (χ4v) is 6.71. The van der Waals surface area contributed by atoms with Gasteiger partial charge in [0, 0.05) is 51.9 Å². The van der Waals surface area contributed by atoms with Crippen LogP contribution in [0.3, 0.4) is 0 Å². The summed E-state index contributed by atoms with van der Waals surface area (Å²) >= 11 is 0. The molecule has 0 N–H and O–H groups in total. The van der Waals surface area contributed by atoms with Crippen LogP contribution in [0.25, 0.3) is 0 Å². The average Bonchev–Trinajstić information content (AvgIpc) is 3.25. The summed E-state index contributed by atoms with van der Waals surface area (Å²) in [5.74, 6) is 1.38. The molecule has 0 heterocycles. The predicted molar refractivity (Wildman–Crippen MR) is 248 cm³/mol. The zero-order valence-electron chi connectivity index (χ0n) is 39.6. The molecule has 0 aliphatic carbocycles. The third-order valence-electron chi connectivity index (χ3n) is 10.5. The Labute approximate surface area is 372 Å². The van der Waals surface area contributed by atoms with Gasteiger partial charge in [0.25, 0.3) is 0 Å². The molecule has 0 unspecified atom stereocenters. The first kappa shape index (κ1) is 56.4. The molecule has 0 radical (unpaired) electrons. The van der Waals surface area contributed by atoms with E-state index in [9.17, 15) is 9.59 Å². The van der Waals surface area contributed by atoms with Gasteiger partial charge in [0.15, 0.2) is 11.5 Å². The third-order valence-corrected chi connectivity index (χ3v) is 10.5. The molecule has 1 aromatic carbocycles. The molecule has 0 saturated heterocycles. The molecule has 1 rings (SSSR count). The normalized spacial score (nSPS) is 11.2. The summed E-state index contributed by atoms with van der Waals surface area (Å²) in [5.41, 5.74) is 1.10. The summed E-state index contributed by atoms with van der Waals surface area (Å²) in [6.45, 7) is 11.1. The van der Waals surface area contributed by atoms with Gasteiger partial charge in [0.1, 0.15) is 13.2 Å². The summed E-state index contributed by atoms with van der Waals surface area (Å²) in [6, 6.07) is 6.19.